The summed E-state index contributed by atoms with van der Waals surface area (Å²) in [4.78, 5) is 0. The van der Waals surface area contributed by atoms with Crippen molar-refractivity contribution in [1.29, 1.82) is 0 Å². The molecule has 116 valence electrons. The molecular weight excluding hydrogens is 311 g/mol. The molecule has 2 nitrogen and oxygen atoms in total. The van der Waals surface area contributed by atoms with Crippen LogP contribution in [-0.2, 0) is 6.42 Å². The maximum absolute atomic E-state index is 14.6. The summed E-state index contributed by atoms with van der Waals surface area (Å²) in [6.45, 7) is 3.86. The quantitative estimate of drug-likeness (QED) is 0.637. The highest BCUT2D eigenvalue weighted by Crippen LogP contribution is 2.40. The molecule has 2 aromatic carbocycles. The number of nitrogens with zero attached hydrogens (tertiary/aromatic N) is 2. The Bertz CT molecular complexity index is 847. The van der Waals surface area contributed by atoms with Crippen molar-refractivity contribution in [3.8, 4) is 22.3 Å². The number of halogens is 2. The Balaban J connectivity index is 2.40. The lowest BCUT2D eigenvalue weighted by atomic mass is 9.91. The van der Waals surface area contributed by atoms with Crippen molar-refractivity contribution < 1.29 is 4.39 Å². The minimum atomic E-state index is -0.296. The van der Waals surface area contributed by atoms with Crippen molar-refractivity contribution in [2.75, 3.05) is 0 Å². The van der Waals surface area contributed by atoms with Crippen molar-refractivity contribution >= 4 is 11.6 Å². The first-order chi connectivity index (χ1) is 11.1. The van der Waals surface area contributed by atoms with Gasteiger partial charge in [-0.25, -0.2) is 4.39 Å². The summed E-state index contributed by atoms with van der Waals surface area (Å²) in [7, 11) is 0. The molecule has 0 amide bonds. The SMILES string of the molecule is CCc1cccc(F)c1-c1c(Cl)nnc(C)c1-c1ccccc1. The first-order valence-electron chi connectivity index (χ1n) is 7.49. The average Bonchev–Trinajstić information content (AvgIpc) is 2.57. The number of aromatic nitrogens is 2. The zero-order valence-electron chi connectivity index (χ0n) is 13.0. The second kappa shape index (κ2) is 6.47. The molecule has 0 radical (unpaired) electrons. The minimum absolute atomic E-state index is 0.217. The van der Waals surface area contributed by atoms with Crippen molar-refractivity contribution in [2.24, 2.45) is 0 Å². The van der Waals surface area contributed by atoms with Gasteiger partial charge in [0.2, 0.25) is 0 Å². The summed E-state index contributed by atoms with van der Waals surface area (Å²) in [6, 6.07) is 14.8. The summed E-state index contributed by atoms with van der Waals surface area (Å²) in [5, 5.41) is 8.35. The molecule has 0 saturated heterocycles. The largest absolute Gasteiger partial charge is 0.206 e. The number of aryl methyl sites for hydroxylation is 2. The Kier molecular flexibility index (Phi) is 4.39. The molecule has 0 aliphatic heterocycles. The van der Waals surface area contributed by atoms with Crippen molar-refractivity contribution in [3.63, 3.8) is 0 Å². The van der Waals surface area contributed by atoms with E-state index in [1.807, 2.05) is 50.2 Å². The van der Waals surface area contributed by atoms with Gasteiger partial charge in [0.15, 0.2) is 5.15 Å². The van der Waals surface area contributed by atoms with Gasteiger partial charge in [0.25, 0.3) is 0 Å². The van der Waals surface area contributed by atoms with Crippen LogP contribution in [0.1, 0.15) is 18.2 Å². The molecule has 0 aliphatic carbocycles. The predicted molar refractivity (Wildman–Crippen MR) is 92.0 cm³/mol. The van der Waals surface area contributed by atoms with Crippen molar-refractivity contribution in [1.82, 2.24) is 10.2 Å². The summed E-state index contributed by atoms with van der Waals surface area (Å²) in [5.74, 6) is -0.296. The fourth-order valence-corrected chi connectivity index (χ4v) is 3.06. The van der Waals surface area contributed by atoms with E-state index in [2.05, 4.69) is 10.2 Å². The van der Waals surface area contributed by atoms with E-state index < -0.39 is 0 Å². The lowest BCUT2D eigenvalue weighted by Crippen LogP contribution is -2.01. The standard InChI is InChI=1S/C19H16ClFN2/c1-3-13-10-7-11-15(21)17(13)18-16(12(2)22-23-19(18)20)14-8-5-4-6-9-14/h4-11H,3H2,1-2H3. The van der Waals surface area contributed by atoms with E-state index in [0.29, 0.717) is 17.5 Å². The Morgan fingerprint density at radius 2 is 1.65 bits per heavy atom. The van der Waals surface area contributed by atoms with E-state index in [4.69, 9.17) is 11.6 Å². The van der Waals surface area contributed by atoms with E-state index in [-0.39, 0.29) is 11.0 Å². The molecule has 0 bridgehead atoms. The highest BCUT2D eigenvalue weighted by atomic mass is 35.5. The van der Waals surface area contributed by atoms with Gasteiger partial charge in [-0.3, -0.25) is 0 Å². The summed E-state index contributed by atoms with van der Waals surface area (Å²) < 4.78 is 14.6. The highest BCUT2D eigenvalue weighted by Gasteiger charge is 2.21. The lowest BCUT2D eigenvalue weighted by Gasteiger charge is -2.16. The molecule has 0 spiro atoms. The Hall–Kier alpha value is -2.26. The molecular formula is C19H16ClFN2. The van der Waals surface area contributed by atoms with Gasteiger partial charge in [0, 0.05) is 16.7 Å². The van der Waals surface area contributed by atoms with Crippen LogP contribution in [0, 0.1) is 12.7 Å². The van der Waals surface area contributed by atoms with Crippen molar-refractivity contribution in [3.05, 3.63) is 70.8 Å². The fraction of sp³-hybridized carbons (Fsp3) is 0.158. The molecule has 0 N–H and O–H groups in total. The monoisotopic (exact) mass is 326 g/mol. The molecule has 1 aromatic heterocycles. The fourth-order valence-electron chi connectivity index (χ4n) is 2.83. The molecule has 0 saturated carbocycles. The smallest absolute Gasteiger partial charge is 0.160 e. The third-order valence-corrected chi connectivity index (χ3v) is 4.16. The Labute approximate surface area is 140 Å². The van der Waals surface area contributed by atoms with Crippen LogP contribution in [0.3, 0.4) is 0 Å². The summed E-state index contributed by atoms with van der Waals surface area (Å²) in [5.41, 5.74) is 4.52. The first-order valence-corrected chi connectivity index (χ1v) is 7.87. The van der Waals surface area contributed by atoms with Gasteiger partial charge in [-0.15, -0.1) is 5.10 Å². The highest BCUT2D eigenvalue weighted by molar-refractivity contribution is 6.33. The molecule has 0 aliphatic rings. The van der Waals surface area contributed by atoms with Gasteiger partial charge >= 0.3 is 0 Å². The van der Waals surface area contributed by atoms with Gasteiger partial charge in [0.1, 0.15) is 5.82 Å². The number of rotatable bonds is 3. The van der Waals surface area contributed by atoms with Gasteiger partial charge in [0.05, 0.1) is 5.69 Å². The third-order valence-electron chi connectivity index (χ3n) is 3.90. The molecule has 0 atom stereocenters. The molecule has 3 rings (SSSR count). The number of benzene rings is 2. The normalized spacial score (nSPS) is 10.8. The summed E-state index contributed by atoms with van der Waals surface area (Å²) in [6.07, 6.45) is 0.707. The topological polar surface area (TPSA) is 25.8 Å². The zero-order valence-corrected chi connectivity index (χ0v) is 13.7. The Morgan fingerprint density at radius 3 is 2.35 bits per heavy atom. The van der Waals surface area contributed by atoms with Gasteiger partial charge in [-0.2, -0.15) is 5.10 Å². The average molecular weight is 327 g/mol. The molecule has 0 unspecified atom stereocenters. The van der Waals surface area contributed by atoms with Crippen LogP contribution in [0.4, 0.5) is 4.39 Å². The van der Waals surface area contributed by atoms with E-state index in [0.717, 1.165) is 22.4 Å². The van der Waals surface area contributed by atoms with E-state index in [9.17, 15) is 4.39 Å². The third kappa shape index (κ3) is 2.84. The van der Waals surface area contributed by atoms with E-state index in [1.165, 1.54) is 6.07 Å². The van der Waals surface area contributed by atoms with Crippen LogP contribution >= 0.6 is 11.6 Å². The van der Waals surface area contributed by atoms with Gasteiger partial charge in [-0.05, 0) is 30.5 Å². The molecule has 0 fully saturated rings. The van der Waals surface area contributed by atoms with E-state index >= 15 is 0 Å². The number of hydrogen-bond acceptors (Lipinski definition) is 2. The second-order valence-electron chi connectivity index (χ2n) is 5.32. The van der Waals surface area contributed by atoms with Gasteiger partial charge in [-0.1, -0.05) is 61.0 Å². The number of hydrogen-bond donors (Lipinski definition) is 0. The van der Waals surface area contributed by atoms with Crippen molar-refractivity contribution in [2.45, 2.75) is 20.3 Å². The predicted octanol–water partition coefficient (Wildman–Crippen LogP) is 5.47. The van der Waals surface area contributed by atoms with Gasteiger partial charge < -0.3 is 0 Å². The lowest BCUT2D eigenvalue weighted by molar-refractivity contribution is 0.629. The molecule has 3 aromatic rings. The molecule has 1 heterocycles. The minimum Gasteiger partial charge on any atom is -0.206 e. The van der Waals surface area contributed by atoms with Crippen LogP contribution < -0.4 is 0 Å². The van der Waals surface area contributed by atoms with Crippen LogP contribution in [0.25, 0.3) is 22.3 Å². The maximum atomic E-state index is 14.6. The van der Waals surface area contributed by atoms with E-state index in [1.54, 1.807) is 6.07 Å². The zero-order chi connectivity index (χ0) is 16.4. The van der Waals surface area contributed by atoms with Crippen LogP contribution in [0.5, 0.6) is 0 Å². The Morgan fingerprint density at radius 1 is 0.913 bits per heavy atom. The van der Waals surface area contributed by atoms with Crippen LogP contribution in [0.15, 0.2) is 48.5 Å². The van der Waals surface area contributed by atoms with Crippen LogP contribution in [-0.4, -0.2) is 10.2 Å². The molecule has 4 heteroatoms. The summed E-state index contributed by atoms with van der Waals surface area (Å²) >= 11 is 6.35. The molecule has 23 heavy (non-hydrogen) atoms. The second-order valence-corrected chi connectivity index (χ2v) is 5.68. The first kappa shape index (κ1) is 15.6. The van der Waals surface area contributed by atoms with Crippen LogP contribution in [0.2, 0.25) is 5.15 Å². The maximum Gasteiger partial charge on any atom is 0.160 e.